The Labute approximate surface area is 105 Å². The van der Waals surface area contributed by atoms with Crippen LogP contribution in [0.15, 0.2) is 30.9 Å². The van der Waals surface area contributed by atoms with Crippen LogP contribution in [0.2, 0.25) is 0 Å². The Hall–Kier alpha value is -1.66. The van der Waals surface area contributed by atoms with Crippen molar-refractivity contribution in [3.05, 3.63) is 36.7 Å². The second-order valence-electron chi connectivity index (χ2n) is 4.75. The molecule has 2 aromatic heterocycles. The van der Waals surface area contributed by atoms with E-state index in [0.29, 0.717) is 0 Å². The maximum atomic E-state index is 9.87. The molecular formula is C12H17N5O. The lowest BCUT2D eigenvalue weighted by Crippen LogP contribution is -2.55. The molecule has 2 heterocycles. The zero-order valence-electron chi connectivity index (χ0n) is 10.2. The van der Waals surface area contributed by atoms with Gasteiger partial charge in [-0.05, 0) is 19.4 Å². The summed E-state index contributed by atoms with van der Waals surface area (Å²) in [6.45, 7) is 2.06. The highest BCUT2D eigenvalue weighted by Gasteiger charge is 2.42. The number of aliphatic hydroxyl groups excluding tert-OH is 1. The van der Waals surface area contributed by atoms with Crippen molar-refractivity contribution in [1.29, 1.82) is 0 Å². The highest BCUT2D eigenvalue weighted by molar-refractivity contribution is 5.03. The fraction of sp³-hybridized carbons (Fsp3) is 0.500. The number of hydrogen-bond donors (Lipinski definition) is 3. The number of rotatable bonds is 4. The van der Waals surface area contributed by atoms with Crippen LogP contribution in [0.4, 0.5) is 0 Å². The third-order valence-corrected chi connectivity index (χ3v) is 3.53. The minimum absolute atomic E-state index is 0.0115. The van der Waals surface area contributed by atoms with Gasteiger partial charge in [0.05, 0.1) is 18.2 Å². The van der Waals surface area contributed by atoms with Gasteiger partial charge in [0.1, 0.15) is 5.82 Å². The topological polar surface area (TPSA) is 78.8 Å². The van der Waals surface area contributed by atoms with Crippen LogP contribution in [0.5, 0.6) is 0 Å². The number of aromatic amines is 1. The van der Waals surface area contributed by atoms with Gasteiger partial charge in [0.15, 0.2) is 0 Å². The summed E-state index contributed by atoms with van der Waals surface area (Å²) in [5.41, 5.74) is 0. The van der Waals surface area contributed by atoms with Crippen LogP contribution in [0.25, 0.3) is 0 Å². The van der Waals surface area contributed by atoms with Gasteiger partial charge in [0.2, 0.25) is 0 Å². The molecule has 1 aliphatic carbocycles. The molecule has 2 aromatic rings. The molecule has 3 N–H and O–H groups in total. The highest BCUT2D eigenvalue weighted by atomic mass is 16.3. The Balaban J connectivity index is 1.67. The van der Waals surface area contributed by atoms with Gasteiger partial charge in [-0.1, -0.05) is 0 Å². The van der Waals surface area contributed by atoms with E-state index in [2.05, 4.69) is 27.3 Å². The van der Waals surface area contributed by atoms with Gasteiger partial charge in [-0.3, -0.25) is 4.68 Å². The van der Waals surface area contributed by atoms with Crippen LogP contribution in [0.3, 0.4) is 0 Å². The lowest BCUT2D eigenvalue weighted by Gasteiger charge is -2.43. The van der Waals surface area contributed by atoms with Crippen molar-refractivity contribution in [2.24, 2.45) is 0 Å². The summed E-state index contributed by atoms with van der Waals surface area (Å²) >= 11 is 0. The number of aliphatic hydroxyl groups is 1. The zero-order chi connectivity index (χ0) is 12.5. The van der Waals surface area contributed by atoms with Crippen LogP contribution >= 0.6 is 0 Å². The van der Waals surface area contributed by atoms with Crippen LogP contribution in [-0.4, -0.2) is 37.0 Å². The van der Waals surface area contributed by atoms with E-state index in [1.54, 1.807) is 12.4 Å². The lowest BCUT2D eigenvalue weighted by molar-refractivity contribution is -0.0113. The molecule has 3 rings (SSSR count). The quantitative estimate of drug-likeness (QED) is 0.740. The van der Waals surface area contributed by atoms with Gasteiger partial charge in [-0.15, -0.1) is 0 Å². The second kappa shape index (κ2) is 4.55. The van der Waals surface area contributed by atoms with Crippen molar-refractivity contribution in [1.82, 2.24) is 25.1 Å². The maximum Gasteiger partial charge on any atom is 0.122 e. The van der Waals surface area contributed by atoms with Crippen molar-refractivity contribution in [2.75, 3.05) is 0 Å². The highest BCUT2D eigenvalue weighted by Crippen LogP contribution is 2.33. The Kier molecular flexibility index (Phi) is 2.89. The number of nitrogens with one attached hydrogen (secondary N) is 2. The minimum atomic E-state index is -0.328. The average molecular weight is 247 g/mol. The number of imidazole rings is 1. The molecule has 0 radical (unpaired) electrons. The SMILES string of the molecule is CC(N[C@H]1C[C@@H](O)[C@@H]1n1cccn1)c1ncc[nH]1. The number of H-pyrrole nitrogens is 1. The molecule has 1 aliphatic rings. The summed E-state index contributed by atoms with van der Waals surface area (Å²) in [6.07, 6.45) is 7.60. The molecule has 1 unspecified atom stereocenters. The largest absolute Gasteiger partial charge is 0.391 e. The third kappa shape index (κ3) is 1.93. The second-order valence-corrected chi connectivity index (χ2v) is 4.75. The zero-order valence-corrected chi connectivity index (χ0v) is 10.2. The van der Waals surface area contributed by atoms with Gasteiger partial charge >= 0.3 is 0 Å². The van der Waals surface area contributed by atoms with Gasteiger partial charge in [0, 0.05) is 30.8 Å². The van der Waals surface area contributed by atoms with Crippen molar-refractivity contribution in [3.8, 4) is 0 Å². The molecule has 0 aromatic carbocycles. The smallest absolute Gasteiger partial charge is 0.122 e. The summed E-state index contributed by atoms with van der Waals surface area (Å²) in [5.74, 6) is 0.913. The standard InChI is InChI=1S/C12H17N5O/c1-8(12-13-4-5-14-12)16-9-7-10(18)11(9)17-6-2-3-15-17/h2-6,8-11,16,18H,7H2,1H3,(H,13,14)/t8?,9-,10+,11+/m0/s1. The van der Waals surface area contributed by atoms with Crippen LogP contribution in [-0.2, 0) is 0 Å². The molecule has 4 atom stereocenters. The minimum Gasteiger partial charge on any atom is -0.391 e. The van der Waals surface area contributed by atoms with Crippen molar-refractivity contribution in [2.45, 2.75) is 37.6 Å². The summed E-state index contributed by atoms with van der Waals surface area (Å²) in [4.78, 5) is 7.32. The molecule has 18 heavy (non-hydrogen) atoms. The van der Waals surface area contributed by atoms with Crippen molar-refractivity contribution in [3.63, 3.8) is 0 Å². The van der Waals surface area contributed by atoms with Crippen LogP contribution in [0.1, 0.15) is 31.3 Å². The maximum absolute atomic E-state index is 9.87. The van der Waals surface area contributed by atoms with Crippen LogP contribution in [0, 0.1) is 0 Å². The Morgan fingerprint density at radius 3 is 3.06 bits per heavy atom. The summed E-state index contributed by atoms with van der Waals surface area (Å²) in [7, 11) is 0. The average Bonchev–Trinajstić information content (AvgIpc) is 3.00. The third-order valence-electron chi connectivity index (χ3n) is 3.53. The van der Waals surface area contributed by atoms with E-state index >= 15 is 0 Å². The molecule has 0 saturated heterocycles. The van der Waals surface area contributed by atoms with E-state index in [0.717, 1.165) is 12.2 Å². The predicted octanol–water partition coefficient (Wildman–Crippen LogP) is 0.631. The van der Waals surface area contributed by atoms with E-state index in [-0.39, 0.29) is 24.2 Å². The fourth-order valence-electron chi connectivity index (χ4n) is 2.51. The molecule has 0 amide bonds. The molecule has 6 nitrogen and oxygen atoms in total. The summed E-state index contributed by atoms with van der Waals surface area (Å²) in [5, 5.41) is 17.5. The molecule has 0 spiro atoms. The molecule has 6 heteroatoms. The fourth-order valence-corrected chi connectivity index (χ4v) is 2.51. The van der Waals surface area contributed by atoms with E-state index in [1.165, 1.54) is 0 Å². The monoisotopic (exact) mass is 247 g/mol. The van der Waals surface area contributed by atoms with E-state index in [4.69, 9.17) is 0 Å². The molecule has 1 fully saturated rings. The van der Waals surface area contributed by atoms with Gasteiger partial charge in [0.25, 0.3) is 0 Å². The molecule has 0 bridgehead atoms. The van der Waals surface area contributed by atoms with E-state index in [1.807, 2.05) is 23.1 Å². The van der Waals surface area contributed by atoms with Gasteiger partial charge in [-0.25, -0.2) is 4.98 Å². The Morgan fingerprint density at radius 1 is 1.56 bits per heavy atom. The van der Waals surface area contributed by atoms with Crippen molar-refractivity contribution >= 4 is 0 Å². The first-order chi connectivity index (χ1) is 8.75. The summed E-state index contributed by atoms with van der Waals surface area (Å²) in [6, 6.07) is 2.24. The lowest BCUT2D eigenvalue weighted by atomic mass is 9.82. The normalized spacial score (nSPS) is 28.9. The van der Waals surface area contributed by atoms with Gasteiger partial charge < -0.3 is 15.4 Å². The predicted molar refractivity (Wildman–Crippen MR) is 65.8 cm³/mol. The number of hydrogen-bond acceptors (Lipinski definition) is 4. The Morgan fingerprint density at radius 2 is 2.44 bits per heavy atom. The summed E-state index contributed by atoms with van der Waals surface area (Å²) < 4.78 is 1.82. The van der Waals surface area contributed by atoms with E-state index in [9.17, 15) is 5.11 Å². The Bertz CT molecular complexity index is 481. The van der Waals surface area contributed by atoms with Crippen molar-refractivity contribution < 1.29 is 5.11 Å². The molecule has 96 valence electrons. The first-order valence-corrected chi connectivity index (χ1v) is 6.18. The number of nitrogens with zero attached hydrogens (tertiary/aromatic N) is 3. The number of aromatic nitrogens is 4. The molecule has 0 aliphatic heterocycles. The van der Waals surface area contributed by atoms with E-state index < -0.39 is 0 Å². The van der Waals surface area contributed by atoms with Gasteiger partial charge in [-0.2, -0.15) is 5.10 Å². The first kappa shape index (κ1) is 11.4. The molecule has 1 saturated carbocycles. The first-order valence-electron chi connectivity index (χ1n) is 6.18. The molecular weight excluding hydrogens is 230 g/mol. The van der Waals surface area contributed by atoms with Crippen LogP contribution < -0.4 is 5.32 Å².